The van der Waals surface area contributed by atoms with E-state index >= 15 is 0 Å². The zero-order chi connectivity index (χ0) is 26.3. The molecule has 2 aromatic carbocycles. The summed E-state index contributed by atoms with van der Waals surface area (Å²) in [7, 11) is 3.01. The molecule has 1 aliphatic heterocycles. The molecule has 0 aliphatic carbocycles. The molecule has 0 fully saturated rings. The maximum Gasteiger partial charge on any atom is 0.586 e. The van der Waals surface area contributed by atoms with Crippen LogP contribution < -0.4 is 29.4 Å². The number of nitrogens with one attached hydrogen (secondary N) is 1. The van der Waals surface area contributed by atoms with Crippen molar-refractivity contribution in [3.63, 3.8) is 0 Å². The van der Waals surface area contributed by atoms with Gasteiger partial charge in [-0.05, 0) is 31.2 Å². The third-order valence-corrected chi connectivity index (χ3v) is 5.76. The lowest BCUT2D eigenvalue weighted by molar-refractivity contribution is -0.286. The van der Waals surface area contributed by atoms with Gasteiger partial charge in [-0.2, -0.15) is 5.10 Å². The van der Waals surface area contributed by atoms with E-state index in [1.807, 2.05) is 0 Å². The van der Waals surface area contributed by atoms with Gasteiger partial charge in [-0.1, -0.05) is 0 Å². The van der Waals surface area contributed by atoms with E-state index in [0.29, 0.717) is 34.0 Å². The van der Waals surface area contributed by atoms with Crippen molar-refractivity contribution in [2.75, 3.05) is 25.7 Å². The van der Waals surface area contributed by atoms with Gasteiger partial charge in [0.15, 0.2) is 11.5 Å². The molecule has 1 aliphatic rings. The van der Waals surface area contributed by atoms with Crippen LogP contribution in [0, 0.1) is 0 Å². The molecule has 13 heteroatoms. The predicted octanol–water partition coefficient (Wildman–Crippen LogP) is 3.18. The number of likely N-dealkylation sites (N-methyl/N-ethyl adjacent to an activating group) is 1. The Labute approximate surface area is 208 Å². The zero-order valence-electron chi connectivity index (χ0n) is 19.9. The van der Waals surface area contributed by atoms with E-state index in [2.05, 4.69) is 24.5 Å². The van der Waals surface area contributed by atoms with Crippen LogP contribution in [0.5, 0.6) is 23.0 Å². The van der Waals surface area contributed by atoms with Gasteiger partial charge in [0.2, 0.25) is 5.91 Å². The number of ether oxygens (including phenoxy) is 4. The van der Waals surface area contributed by atoms with Gasteiger partial charge in [-0.25, -0.2) is 9.67 Å². The Morgan fingerprint density at radius 1 is 1.11 bits per heavy atom. The summed E-state index contributed by atoms with van der Waals surface area (Å²) >= 11 is 0. The first-order chi connectivity index (χ1) is 17.7. The number of imidazole rings is 1. The molecule has 4 aromatic rings. The third kappa shape index (κ3) is 4.39. The fourth-order valence-electron chi connectivity index (χ4n) is 4.05. The van der Waals surface area contributed by atoms with Crippen LogP contribution in [0.15, 0.2) is 47.5 Å². The Morgan fingerprint density at radius 3 is 2.49 bits per heavy atom. The number of anilines is 1. The average molecular weight is 513 g/mol. The summed E-state index contributed by atoms with van der Waals surface area (Å²) in [4.78, 5) is 34.8. The molecule has 192 valence electrons. The van der Waals surface area contributed by atoms with Crippen LogP contribution in [-0.4, -0.2) is 52.7 Å². The van der Waals surface area contributed by atoms with Gasteiger partial charge in [0.25, 0.3) is 5.56 Å². The highest BCUT2D eigenvalue weighted by Crippen LogP contribution is 2.43. The average Bonchev–Trinajstić information content (AvgIpc) is 3.49. The van der Waals surface area contributed by atoms with Crippen molar-refractivity contribution in [3.05, 3.63) is 53.1 Å². The van der Waals surface area contributed by atoms with Gasteiger partial charge in [0, 0.05) is 29.9 Å². The second-order valence-corrected chi connectivity index (χ2v) is 7.98. The van der Waals surface area contributed by atoms with Crippen LogP contribution in [0.25, 0.3) is 22.3 Å². The molecular formula is C24H21F2N5O6. The summed E-state index contributed by atoms with van der Waals surface area (Å²) < 4.78 is 47.5. The number of carbonyl (C=O) groups excluding carboxylic acids is 1. The molecular weight excluding hydrogens is 492 g/mol. The quantitative estimate of drug-likeness (QED) is 0.400. The summed E-state index contributed by atoms with van der Waals surface area (Å²) in [5, 5.41) is 4.44. The molecule has 0 radical (unpaired) electrons. The van der Waals surface area contributed by atoms with Crippen molar-refractivity contribution in [1.29, 1.82) is 0 Å². The number of alkyl halides is 2. The van der Waals surface area contributed by atoms with Crippen molar-refractivity contribution in [2.45, 2.75) is 19.8 Å². The lowest BCUT2D eigenvalue weighted by Crippen LogP contribution is -2.37. The molecule has 0 bridgehead atoms. The number of amides is 1. The smallest absolute Gasteiger partial charge is 0.497 e. The molecule has 0 unspecified atom stereocenters. The molecule has 37 heavy (non-hydrogen) atoms. The van der Waals surface area contributed by atoms with Crippen LogP contribution >= 0.6 is 0 Å². The van der Waals surface area contributed by atoms with Crippen molar-refractivity contribution in [1.82, 2.24) is 19.7 Å². The van der Waals surface area contributed by atoms with E-state index in [-0.39, 0.29) is 23.6 Å². The summed E-state index contributed by atoms with van der Waals surface area (Å²) in [5.74, 6) is 0.157. The van der Waals surface area contributed by atoms with Crippen LogP contribution in [-0.2, 0) is 11.3 Å². The second-order valence-electron chi connectivity index (χ2n) is 7.98. The Hall–Kier alpha value is -4.68. The first-order valence-corrected chi connectivity index (χ1v) is 11.1. The number of aromatic nitrogens is 4. The van der Waals surface area contributed by atoms with Crippen LogP contribution in [0.1, 0.15) is 6.92 Å². The number of hydrogen-bond donors (Lipinski definition) is 1. The summed E-state index contributed by atoms with van der Waals surface area (Å²) in [6.45, 7) is 1.47. The van der Waals surface area contributed by atoms with E-state index in [1.165, 1.54) is 43.6 Å². The highest BCUT2D eigenvalue weighted by Gasteiger charge is 2.43. The van der Waals surface area contributed by atoms with Gasteiger partial charge in [-0.3, -0.25) is 9.59 Å². The first kappa shape index (κ1) is 24.0. The molecule has 1 amide bonds. The maximum absolute atomic E-state index is 13.4. The Balaban J connectivity index is 1.52. The summed E-state index contributed by atoms with van der Waals surface area (Å²) in [6, 6.07) is 9.11. The van der Waals surface area contributed by atoms with Crippen LogP contribution in [0.3, 0.4) is 0 Å². The van der Waals surface area contributed by atoms with Crippen molar-refractivity contribution < 1.29 is 32.5 Å². The van der Waals surface area contributed by atoms with Crippen LogP contribution in [0.4, 0.5) is 14.5 Å². The second kappa shape index (κ2) is 9.08. The zero-order valence-corrected chi connectivity index (χ0v) is 19.9. The molecule has 1 N–H and O–H groups in total. The predicted molar refractivity (Wildman–Crippen MR) is 127 cm³/mol. The number of aromatic amines is 1. The van der Waals surface area contributed by atoms with Crippen LogP contribution in [0.2, 0.25) is 0 Å². The third-order valence-electron chi connectivity index (χ3n) is 5.76. The minimum Gasteiger partial charge on any atom is -0.497 e. The lowest BCUT2D eigenvalue weighted by Gasteiger charge is -2.21. The van der Waals surface area contributed by atoms with Gasteiger partial charge >= 0.3 is 6.29 Å². The lowest BCUT2D eigenvalue weighted by atomic mass is 10.1. The molecule has 0 saturated heterocycles. The standard InChI is InChI=1S/C24H21F2N5O6/c1-4-30(14-5-6-17-18(9-14)37-24(25,26)36-17)19(32)11-31-23(33)22-21(27-12-28-22)20(29-31)13-7-15(34-2)10-16(8-13)35-3/h5-10,12H,4,11H2,1-3H3,(H,27,28). The van der Waals surface area contributed by atoms with E-state index in [9.17, 15) is 18.4 Å². The molecule has 5 rings (SSSR count). The summed E-state index contributed by atoms with van der Waals surface area (Å²) in [6.07, 6.45) is -2.42. The van der Waals surface area contributed by atoms with E-state index in [0.717, 1.165) is 4.68 Å². The Kier molecular flexibility index (Phi) is 5.90. The van der Waals surface area contributed by atoms with Crippen molar-refractivity contribution in [2.24, 2.45) is 0 Å². The fourth-order valence-corrected chi connectivity index (χ4v) is 4.05. The number of nitrogens with zero attached hydrogens (tertiary/aromatic N) is 4. The number of rotatable bonds is 7. The summed E-state index contributed by atoms with van der Waals surface area (Å²) in [5.41, 5.74) is 1.09. The number of methoxy groups -OCH3 is 2. The minimum absolute atomic E-state index is 0.141. The number of H-pyrrole nitrogens is 1. The molecule has 3 heterocycles. The number of fused-ring (bicyclic) bond motifs is 2. The Morgan fingerprint density at radius 2 is 1.81 bits per heavy atom. The number of halogens is 2. The van der Waals surface area contributed by atoms with E-state index < -0.39 is 24.3 Å². The SMILES string of the molecule is CCN(C(=O)Cn1nc(-c2cc(OC)cc(OC)c2)c2nc[nH]c2c1=O)c1ccc2c(c1)OC(F)(F)O2. The van der Waals surface area contributed by atoms with Gasteiger partial charge in [0.1, 0.15) is 34.8 Å². The minimum atomic E-state index is -3.78. The number of carbonyl (C=O) groups is 1. The largest absolute Gasteiger partial charge is 0.586 e. The monoisotopic (exact) mass is 513 g/mol. The topological polar surface area (TPSA) is 121 Å². The highest BCUT2D eigenvalue weighted by molar-refractivity contribution is 5.94. The number of benzene rings is 2. The Bertz CT molecular complexity index is 1550. The maximum atomic E-state index is 13.4. The fraction of sp³-hybridized carbons (Fsp3) is 0.250. The number of hydrogen-bond acceptors (Lipinski definition) is 8. The van der Waals surface area contributed by atoms with Gasteiger partial charge in [-0.15, -0.1) is 8.78 Å². The molecule has 0 saturated carbocycles. The first-order valence-electron chi connectivity index (χ1n) is 11.1. The highest BCUT2D eigenvalue weighted by atomic mass is 19.3. The molecule has 0 atom stereocenters. The molecule has 0 spiro atoms. The van der Waals surface area contributed by atoms with Gasteiger partial charge < -0.3 is 28.8 Å². The van der Waals surface area contributed by atoms with Crippen molar-refractivity contribution in [3.8, 4) is 34.3 Å². The molecule has 11 nitrogen and oxygen atoms in total. The van der Waals surface area contributed by atoms with Crippen molar-refractivity contribution >= 4 is 22.6 Å². The van der Waals surface area contributed by atoms with Gasteiger partial charge in [0.05, 0.1) is 20.5 Å². The normalized spacial score (nSPS) is 13.5. The van der Waals surface area contributed by atoms with E-state index in [4.69, 9.17) is 9.47 Å². The van der Waals surface area contributed by atoms with E-state index in [1.54, 1.807) is 25.1 Å². The molecule has 2 aromatic heterocycles.